The van der Waals surface area contributed by atoms with Crippen molar-refractivity contribution in [1.82, 2.24) is 9.80 Å². The molecule has 0 aromatic carbocycles. The van der Waals surface area contributed by atoms with Crippen molar-refractivity contribution in [1.29, 1.82) is 0 Å². The maximum Gasteiger partial charge on any atom is 0.223 e. The number of nitrogens with zero attached hydrogens (tertiary/aromatic N) is 2. The summed E-state index contributed by atoms with van der Waals surface area (Å²) in [7, 11) is 6.26. The summed E-state index contributed by atoms with van der Waals surface area (Å²) in [5.74, 6) is 1.49. The predicted molar refractivity (Wildman–Crippen MR) is 147 cm³/mol. The summed E-state index contributed by atoms with van der Waals surface area (Å²) in [6.07, 6.45) is 15.2. The average molecular weight is 471 g/mol. The van der Waals surface area contributed by atoms with Crippen molar-refractivity contribution >= 4 is 17.7 Å². The van der Waals surface area contributed by atoms with Crippen molar-refractivity contribution < 1.29 is 4.79 Å². The van der Waals surface area contributed by atoms with Crippen LogP contribution in [0.5, 0.6) is 0 Å². The van der Waals surface area contributed by atoms with Gasteiger partial charge in [0, 0.05) is 31.8 Å². The van der Waals surface area contributed by atoms with Gasteiger partial charge in [0.25, 0.3) is 0 Å². The molecule has 0 radical (unpaired) electrons. The van der Waals surface area contributed by atoms with Crippen LogP contribution in [0.25, 0.3) is 0 Å². The molecule has 0 aromatic rings. The minimum absolute atomic E-state index is 0.185. The van der Waals surface area contributed by atoms with Crippen molar-refractivity contribution in [3.05, 3.63) is 0 Å². The van der Waals surface area contributed by atoms with Gasteiger partial charge in [-0.15, -0.1) is 0 Å². The molecule has 3 nitrogen and oxygen atoms in total. The Hall–Kier alpha value is -0.220. The van der Waals surface area contributed by atoms with Crippen molar-refractivity contribution in [2.75, 3.05) is 40.0 Å². The van der Waals surface area contributed by atoms with Gasteiger partial charge in [-0.05, 0) is 49.9 Å². The molecule has 32 heavy (non-hydrogen) atoms. The molecule has 0 saturated heterocycles. The number of hydrogen-bond donors (Lipinski definition) is 0. The summed E-state index contributed by atoms with van der Waals surface area (Å²) in [6, 6.07) is 0. The fraction of sp³-hybridized carbons (Fsp3) is 0.964. The lowest BCUT2D eigenvalue weighted by molar-refractivity contribution is -0.131. The second kappa shape index (κ2) is 17.2. The number of rotatable bonds is 20. The van der Waals surface area contributed by atoms with Crippen molar-refractivity contribution in [3.8, 4) is 0 Å². The van der Waals surface area contributed by atoms with Gasteiger partial charge >= 0.3 is 0 Å². The third-order valence-corrected chi connectivity index (χ3v) is 8.61. The van der Waals surface area contributed by atoms with Crippen LogP contribution in [0.4, 0.5) is 0 Å². The lowest BCUT2D eigenvalue weighted by atomic mass is 9.81. The quantitative estimate of drug-likeness (QED) is 0.169. The molecule has 0 spiro atoms. The normalized spacial score (nSPS) is 13.6. The molecular weight excluding hydrogens is 412 g/mol. The lowest BCUT2D eigenvalue weighted by Gasteiger charge is -2.33. The highest BCUT2D eigenvalue weighted by atomic mass is 32.2. The van der Waals surface area contributed by atoms with Gasteiger partial charge in [0.15, 0.2) is 0 Å². The molecule has 0 aliphatic rings. The lowest BCUT2D eigenvalue weighted by Crippen LogP contribution is -2.38. The third kappa shape index (κ3) is 15.6. The summed E-state index contributed by atoms with van der Waals surface area (Å²) in [6.45, 7) is 15.6. The third-order valence-electron chi connectivity index (χ3n) is 6.95. The van der Waals surface area contributed by atoms with Crippen LogP contribution in [-0.4, -0.2) is 60.9 Å². The first-order chi connectivity index (χ1) is 15.0. The van der Waals surface area contributed by atoms with Crippen LogP contribution in [-0.2, 0) is 4.79 Å². The molecule has 0 rings (SSSR count). The predicted octanol–water partition coefficient (Wildman–Crippen LogP) is 7.88. The molecule has 1 atom stereocenters. The van der Waals surface area contributed by atoms with Crippen LogP contribution in [0.1, 0.15) is 119 Å². The highest BCUT2D eigenvalue weighted by molar-refractivity contribution is 8.00. The Balaban J connectivity index is 5.01. The minimum Gasteiger partial charge on any atom is -0.345 e. The summed E-state index contributed by atoms with van der Waals surface area (Å²) in [5.41, 5.74) is 0.583. The smallest absolute Gasteiger partial charge is 0.223 e. The van der Waals surface area contributed by atoms with Crippen LogP contribution in [0.15, 0.2) is 0 Å². The summed E-state index contributed by atoms with van der Waals surface area (Å²) >= 11 is 2.06. The maximum absolute atomic E-state index is 13.0. The van der Waals surface area contributed by atoms with Gasteiger partial charge in [0.2, 0.25) is 5.91 Å². The fourth-order valence-corrected chi connectivity index (χ4v) is 5.91. The molecule has 192 valence electrons. The topological polar surface area (TPSA) is 23.6 Å². The van der Waals surface area contributed by atoms with E-state index in [1.807, 2.05) is 11.9 Å². The van der Waals surface area contributed by atoms with E-state index in [0.29, 0.717) is 23.0 Å². The van der Waals surface area contributed by atoms with Gasteiger partial charge in [-0.3, -0.25) is 4.79 Å². The number of amides is 1. The number of hydrogen-bond acceptors (Lipinski definition) is 3. The monoisotopic (exact) mass is 470 g/mol. The van der Waals surface area contributed by atoms with Gasteiger partial charge in [-0.1, -0.05) is 92.9 Å². The zero-order valence-electron chi connectivity index (χ0n) is 23.4. The molecular formula is C28H58N2OS. The second-order valence-electron chi connectivity index (χ2n) is 11.6. The van der Waals surface area contributed by atoms with Crippen LogP contribution in [0.2, 0.25) is 0 Å². The molecule has 0 aliphatic carbocycles. The molecule has 0 N–H and O–H groups in total. The summed E-state index contributed by atoms with van der Waals surface area (Å²) in [4.78, 5) is 17.3. The highest BCUT2D eigenvalue weighted by Gasteiger charge is 2.28. The van der Waals surface area contributed by atoms with Crippen molar-refractivity contribution in [2.45, 2.75) is 124 Å². The van der Waals surface area contributed by atoms with Crippen molar-refractivity contribution in [3.63, 3.8) is 0 Å². The number of unbranched alkanes of at least 4 members (excludes halogenated alkanes) is 6. The summed E-state index contributed by atoms with van der Waals surface area (Å²) in [5, 5.41) is 0.371. The zero-order valence-corrected chi connectivity index (χ0v) is 24.2. The second-order valence-corrected chi connectivity index (χ2v) is 12.9. The van der Waals surface area contributed by atoms with Crippen molar-refractivity contribution in [2.24, 2.45) is 10.8 Å². The molecule has 1 amide bonds. The molecule has 0 aromatic heterocycles. The van der Waals surface area contributed by atoms with Gasteiger partial charge in [0.05, 0.1) is 0 Å². The highest BCUT2D eigenvalue weighted by Crippen LogP contribution is 2.37. The molecule has 1 unspecified atom stereocenters. The standard InChI is InChI=1S/C28H58N2OS/c1-10-13-15-17-19-28(6,20-18-16-14-11-2)24-32-25(22-29(7)8)21-26(31)30(9)23-27(4,5)12-3/h25H,10-24H2,1-9H3. The van der Waals surface area contributed by atoms with E-state index >= 15 is 0 Å². The van der Waals surface area contributed by atoms with Crippen LogP contribution in [0.3, 0.4) is 0 Å². The van der Waals surface area contributed by atoms with E-state index in [1.54, 1.807) is 0 Å². The summed E-state index contributed by atoms with van der Waals surface area (Å²) < 4.78 is 0. The first kappa shape index (κ1) is 31.8. The Labute approximate surface area is 206 Å². The Morgan fingerprint density at radius 1 is 0.844 bits per heavy atom. The first-order valence-electron chi connectivity index (χ1n) is 13.5. The average Bonchev–Trinajstić information content (AvgIpc) is 2.72. The Bertz CT molecular complexity index is 466. The van der Waals surface area contributed by atoms with E-state index < -0.39 is 0 Å². The number of carbonyl (C=O) groups excluding carboxylic acids is 1. The van der Waals surface area contributed by atoms with E-state index in [1.165, 1.54) is 70.0 Å². The first-order valence-corrected chi connectivity index (χ1v) is 14.5. The number of carbonyl (C=O) groups is 1. The zero-order chi connectivity index (χ0) is 24.6. The van der Waals surface area contributed by atoms with Crippen LogP contribution < -0.4 is 0 Å². The Kier molecular flexibility index (Phi) is 17.1. The Morgan fingerprint density at radius 2 is 1.38 bits per heavy atom. The molecule has 0 fully saturated rings. The van der Waals surface area contributed by atoms with E-state index in [4.69, 9.17) is 0 Å². The minimum atomic E-state index is 0.185. The van der Waals surface area contributed by atoms with Gasteiger partial charge in [0.1, 0.15) is 0 Å². The molecule has 0 bridgehead atoms. The fourth-order valence-electron chi connectivity index (χ4n) is 4.32. The van der Waals surface area contributed by atoms with Gasteiger partial charge < -0.3 is 9.80 Å². The molecule has 4 heteroatoms. The molecule has 0 heterocycles. The van der Waals surface area contributed by atoms with E-state index in [2.05, 4.69) is 72.3 Å². The van der Waals surface area contributed by atoms with Crippen LogP contribution >= 0.6 is 11.8 Å². The Morgan fingerprint density at radius 3 is 1.81 bits per heavy atom. The van der Waals surface area contributed by atoms with Gasteiger partial charge in [-0.2, -0.15) is 11.8 Å². The maximum atomic E-state index is 13.0. The van der Waals surface area contributed by atoms with E-state index in [0.717, 1.165) is 19.5 Å². The van der Waals surface area contributed by atoms with Crippen LogP contribution in [0, 0.1) is 10.8 Å². The number of thioether (sulfide) groups is 1. The molecule has 0 saturated carbocycles. The molecule has 0 aliphatic heterocycles. The largest absolute Gasteiger partial charge is 0.345 e. The SMILES string of the molecule is CCCCCCC(C)(CCCCCC)CSC(CC(=O)N(C)CC(C)(C)CC)CN(C)C. The van der Waals surface area contributed by atoms with E-state index in [-0.39, 0.29) is 5.41 Å². The van der Waals surface area contributed by atoms with E-state index in [9.17, 15) is 4.79 Å². The van der Waals surface area contributed by atoms with Gasteiger partial charge in [-0.25, -0.2) is 0 Å².